The van der Waals surface area contributed by atoms with Gasteiger partial charge < -0.3 is 4.74 Å². The molecule has 0 radical (unpaired) electrons. The molecule has 0 aliphatic rings. The van der Waals surface area contributed by atoms with Gasteiger partial charge in [-0.25, -0.2) is 0 Å². The van der Waals surface area contributed by atoms with Crippen LogP contribution in [0, 0.1) is 6.92 Å². The van der Waals surface area contributed by atoms with Crippen LogP contribution in [0.4, 0.5) is 0 Å². The Labute approximate surface area is 130 Å². The maximum absolute atomic E-state index is 5.70. The number of thioether (sulfide) groups is 1. The average Bonchev–Trinajstić information content (AvgIpc) is 2.51. The molecule has 2 aromatic carbocycles. The van der Waals surface area contributed by atoms with Gasteiger partial charge in [0.25, 0.3) is 0 Å². The fraction of sp³-hybridized carbons (Fsp3) is 0.294. The van der Waals surface area contributed by atoms with Crippen molar-refractivity contribution in [2.24, 2.45) is 5.84 Å². The van der Waals surface area contributed by atoms with E-state index in [0.717, 1.165) is 11.5 Å². The van der Waals surface area contributed by atoms with Crippen molar-refractivity contribution in [1.82, 2.24) is 5.43 Å². The van der Waals surface area contributed by atoms with Crippen molar-refractivity contribution in [3.63, 3.8) is 0 Å². The molecule has 2 aromatic rings. The Hall–Kier alpha value is -1.49. The summed E-state index contributed by atoms with van der Waals surface area (Å²) in [5.74, 6) is 7.47. The highest BCUT2D eigenvalue weighted by atomic mass is 32.2. The van der Waals surface area contributed by atoms with E-state index in [9.17, 15) is 0 Å². The van der Waals surface area contributed by atoms with Crippen LogP contribution in [0.5, 0.6) is 5.75 Å². The first-order valence-electron chi connectivity index (χ1n) is 7.11. The molecule has 0 aromatic heterocycles. The molecule has 0 fully saturated rings. The lowest BCUT2D eigenvalue weighted by Gasteiger charge is -2.16. The zero-order valence-electron chi connectivity index (χ0n) is 12.5. The third kappa shape index (κ3) is 4.77. The molecule has 1 atom stereocenters. The molecule has 3 nitrogen and oxygen atoms in total. The van der Waals surface area contributed by atoms with Crippen LogP contribution in [0.3, 0.4) is 0 Å². The van der Waals surface area contributed by atoms with Gasteiger partial charge in [0.05, 0.1) is 12.6 Å². The molecule has 0 saturated heterocycles. The molecular formula is C17H22N2OS. The molecule has 3 N–H and O–H groups in total. The standard InChI is InChI=1S/C17H22N2OS/c1-3-20-15-8-6-14(7-9-15)17(19-18)12-21-16-10-4-13(2)5-11-16/h4-11,17,19H,3,12,18H2,1-2H3. The summed E-state index contributed by atoms with van der Waals surface area (Å²) < 4.78 is 5.46. The van der Waals surface area contributed by atoms with Crippen LogP contribution in [-0.2, 0) is 0 Å². The van der Waals surface area contributed by atoms with Gasteiger partial charge in [0.2, 0.25) is 0 Å². The van der Waals surface area contributed by atoms with Crippen molar-refractivity contribution in [3.05, 3.63) is 59.7 Å². The highest BCUT2D eigenvalue weighted by molar-refractivity contribution is 7.99. The lowest BCUT2D eigenvalue weighted by atomic mass is 10.1. The summed E-state index contributed by atoms with van der Waals surface area (Å²) >= 11 is 1.80. The smallest absolute Gasteiger partial charge is 0.119 e. The molecule has 0 aliphatic carbocycles. The minimum absolute atomic E-state index is 0.118. The van der Waals surface area contributed by atoms with Gasteiger partial charge in [0, 0.05) is 10.6 Å². The van der Waals surface area contributed by atoms with Gasteiger partial charge in [0.15, 0.2) is 0 Å². The van der Waals surface area contributed by atoms with E-state index in [1.807, 2.05) is 19.1 Å². The van der Waals surface area contributed by atoms with Crippen LogP contribution in [0.1, 0.15) is 24.1 Å². The first-order valence-corrected chi connectivity index (χ1v) is 8.10. The molecule has 2 rings (SSSR count). The van der Waals surface area contributed by atoms with Crippen molar-refractivity contribution in [2.75, 3.05) is 12.4 Å². The summed E-state index contributed by atoms with van der Waals surface area (Å²) in [4.78, 5) is 1.26. The summed E-state index contributed by atoms with van der Waals surface area (Å²) in [6.45, 7) is 4.76. The second kappa shape index (κ2) is 8.08. The summed E-state index contributed by atoms with van der Waals surface area (Å²) in [7, 11) is 0. The molecule has 0 saturated carbocycles. The summed E-state index contributed by atoms with van der Waals surface area (Å²) in [6.07, 6.45) is 0. The fourth-order valence-electron chi connectivity index (χ4n) is 2.02. The second-order valence-electron chi connectivity index (χ2n) is 4.85. The molecule has 0 aliphatic heterocycles. The lowest BCUT2D eigenvalue weighted by molar-refractivity contribution is 0.340. The number of hydrogen-bond donors (Lipinski definition) is 2. The van der Waals surface area contributed by atoms with Crippen molar-refractivity contribution >= 4 is 11.8 Å². The molecular weight excluding hydrogens is 280 g/mol. The Morgan fingerprint density at radius 1 is 1.10 bits per heavy atom. The number of hydrogen-bond acceptors (Lipinski definition) is 4. The SMILES string of the molecule is CCOc1ccc(C(CSc2ccc(C)cc2)NN)cc1. The number of aryl methyl sites for hydroxylation is 1. The van der Waals surface area contributed by atoms with Gasteiger partial charge in [0.1, 0.15) is 5.75 Å². The normalized spacial score (nSPS) is 12.1. The van der Waals surface area contributed by atoms with E-state index in [1.165, 1.54) is 16.0 Å². The Kier molecular flexibility index (Phi) is 6.11. The largest absolute Gasteiger partial charge is 0.494 e. The van der Waals surface area contributed by atoms with E-state index >= 15 is 0 Å². The number of hydrazine groups is 1. The molecule has 112 valence electrons. The molecule has 0 amide bonds. The number of rotatable bonds is 7. The third-order valence-electron chi connectivity index (χ3n) is 3.23. The van der Waals surface area contributed by atoms with Gasteiger partial charge in [-0.2, -0.15) is 0 Å². The van der Waals surface area contributed by atoms with E-state index in [1.54, 1.807) is 11.8 Å². The van der Waals surface area contributed by atoms with E-state index < -0.39 is 0 Å². The predicted molar refractivity (Wildman–Crippen MR) is 89.6 cm³/mol. The van der Waals surface area contributed by atoms with Crippen LogP contribution in [0.2, 0.25) is 0 Å². The second-order valence-corrected chi connectivity index (χ2v) is 5.94. The van der Waals surface area contributed by atoms with E-state index in [-0.39, 0.29) is 6.04 Å². The fourth-order valence-corrected chi connectivity index (χ4v) is 2.99. The Morgan fingerprint density at radius 3 is 2.33 bits per heavy atom. The van der Waals surface area contributed by atoms with Crippen molar-refractivity contribution in [3.8, 4) is 5.75 Å². The lowest BCUT2D eigenvalue weighted by Crippen LogP contribution is -2.29. The number of nitrogens with two attached hydrogens (primary N) is 1. The molecule has 1 unspecified atom stereocenters. The van der Waals surface area contributed by atoms with Crippen molar-refractivity contribution in [1.29, 1.82) is 0 Å². The molecule has 21 heavy (non-hydrogen) atoms. The Morgan fingerprint density at radius 2 is 1.76 bits per heavy atom. The Balaban J connectivity index is 1.97. The van der Waals surface area contributed by atoms with Gasteiger partial charge in [-0.1, -0.05) is 29.8 Å². The highest BCUT2D eigenvalue weighted by Crippen LogP contribution is 2.25. The summed E-state index contributed by atoms with van der Waals surface area (Å²) in [5, 5.41) is 0. The van der Waals surface area contributed by atoms with Crippen LogP contribution >= 0.6 is 11.8 Å². The monoisotopic (exact) mass is 302 g/mol. The van der Waals surface area contributed by atoms with Crippen LogP contribution in [0.15, 0.2) is 53.4 Å². The minimum atomic E-state index is 0.118. The molecule has 0 heterocycles. The summed E-state index contributed by atoms with van der Waals surface area (Å²) in [6, 6.07) is 16.8. The van der Waals surface area contributed by atoms with Crippen molar-refractivity contribution in [2.45, 2.75) is 24.8 Å². The number of nitrogens with one attached hydrogen (secondary N) is 1. The van der Waals surface area contributed by atoms with Crippen molar-refractivity contribution < 1.29 is 4.74 Å². The van der Waals surface area contributed by atoms with Gasteiger partial charge >= 0.3 is 0 Å². The van der Waals surface area contributed by atoms with Crippen LogP contribution in [0.25, 0.3) is 0 Å². The Bertz CT molecular complexity index is 540. The number of ether oxygens (including phenoxy) is 1. The predicted octanol–water partition coefficient (Wildman–Crippen LogP) is 3.69. The molecule has 4 heteroatoms. The van der Waals surface area contributed by atoms with E-state index in [2.05, 4.69) is 48.7 Å². The quantitative estimate of drug-likeness (QED) is 0.465. The van der Waals surface area contributed by atoms with Crippen LogP contribution in [-0.4, -0.2) is 12.4 Å². The maximum Gasteiger partial charge on any atom is 0.119 e. The zero-order chi connectivity index (χ0) is 15.1. The van der Waals surface area contributed by atoms with Gasteiger partial charge in [-0.05, 0) is 43.7 Å². The minimum Gasteiger partial charge on any atom is -0.494 e. The van der Waals surface area contributed by atoms with E-state index in [0.29, 0.717) is 6.61 Å². The first-order chi connectivity index (χ1) is 10.2. The first kappa shape index (κ1) is 15.9. The average molecular weight is 302 g/mol. The van der Waals surface area contributed by atoms with Crippen LogP contribution < -0.4 is 16.0 Å². The molecule has 0 bridgehead atoms. The van der Waals surface area contributed by atoms with Gasteiger partial charge in [-0.3, -0.25) is 11.3 Å². The van der Waals surface area contributed by atoms with Gasteiger partial charge in [-0.15, -0.1) is 11.8 Å². The topological polar surface area (TPSA) is 47.3 Å². The van der Waals surface area contributed by atoms with E-state index in [4.69, 9.17) is 10.6 Å². The maximum atomic E-state index is 5.70. The molecule has 0 spiro atoms. The summed E-state index contributed by atoms with van der Waals surface area (Å²) in [5.41, 5.74) is 5.33. The number of benzene rings is 2. The third-order valence-corrected chi connectivity index (χ3v) is 4.34. The zero-order valence-corrected chi connectivity index (χ0v) is 13.3. The highest BCUT2D eigenvalue weighted by Gasteiger charge is 2.10.